The molecule has 1 saturated heterocycles. The quantitative estimate of drug-likeness (QED) is 0.824. The number of alkyl halides is 3. The number of rotatable bonds is 3. The smallest absolute Gasteiger partial charge is 0.381 e. The molecule has 0 aromatic carbocycles. The van der Waals surface area contributed by atoms with Gasteiger partial charge in [-0.3, -0.25) is 0 Å². The highest BCUT2D eigenvalue weighted by atomic mass is 19.4. The van der Waals surface area contributed by atoms with Crippen molar-refractivity contribution < 1.29 is 17.9 Å². The van der Waals surface area contributed by atoms with E-state index in [1.165, 1.54) is 0 Å². The second-order valence-corrected chi connectivity index (χ2v) is 4.09. The van der Waals surface area contributed by atoms with Gasteiger partial charge in [0.05, 0.1) is 24.8 Å². The fraction of sp³-hybridized carbons (Fsp3) is 0.700. The number of hydrogen-bond donors (Lipinski definition) is 0. The summed E-state index contributed by atoms with van der Waals surface area (Å²) in [5.41, 5.74) is 0.698. The van der Waals surface area contributed by atoms with Gasteiger partial charge in [0.2, 0.25) is 0 Å². The molecule has 1 aliphatic heterocycles. The molecule has 1 aromatic rings. The minimum atomic E-state index is -4.36. The van der Waals surface area contributed by atoms with Gasteiger partial charge in [-0.15, -0.1) is 5.10 Å². The van der Waals surface area contributed by atoms with Crippen LogP contribution in [-0.2, 0) is 17.7 Å². The average Bonchev–Trinajstić information content (AvgIpc) is 2.86. The summed E-state index contributed by atoms with van der Waals surface area (Å²) in [5.74, 6) is -0.161. The first-order valence-corrected chi connectivity index (χ1v) is 5.45. The molecule has 0 N–H and O–H groups in total. The van der Waals surface area contributed by atoms with Crippen LogP contribution in [0, 0.1) is 11.3 Å². The Bertz CT molecular complexity index is 457. The fourth-order valence-corrected chi connectivity index (χ4v) is 2.04. The molecule has 0 spiro atoms. The summed E-state index contributed by atoms with van der Waals surface area (Å²) in [6.07, 6.45) is -3.76. The largest absolute Gasteiger partial charge is 0.408 e. The molecule has 1 aliphatic rings. The van der Waals surface area contributed by atoms with E-state index in [1.54, 1.807) is 0 Å². The molecule has 5 nitrogen and oxygen atoms in total. The van der Waals surface area contributed by atoms with E-state index < -0.39 is 12.7 Å². The lowest BCUT2D eigenvalue weighted by atomic mass is 10.0. The van der Waals surface area contributed by atoms with Gasteiger partial charge in [0.1, 0.15) is 12.2 Å². The first-order valence-electron chi connectivity index (χ1n) is 5.45. The van der Waals surface area contributed by atoms with Crippen LogP contribution >= 0.6 is 0 Å². The topological polar surface area (TPSA) is 63.7 Å². The molecule has 0 bridgehead atoms. The third kappa shape index (κ3) is 2.79. The number of nitriles is 1. The first kappa shape index (κ1) is 12.8. The standard InChI is InChI=1S/C10H11F3N4O/c11-10(12,13)6-17-9(7-2-4-18-5-7)8(1-3-14)15-16-17/h7H,1-2,4-6H2. The minimum absolute atomic E-state index is 0.0380. The van der Waals surface area contributed by atoms with Gasteiger partial charge < -0.3 is 4.74 Å². The summed E-state index contributed by atoms with van der Waals surface area (Å²) >= 11 is 0. The highest BCUT2D eigenvalue weighted by Gasteiger charge is 2.33. The molecule has 0 amide bonds. The molecule has 1 atom stereocenters. The maximum atomic E-state index is 12.4. The Morgan fingerprint density at radius 3 is 2.83 bits per heavy atom. The predicted octanol–water partition coefficient (Wildman–Crippen LogP) is 1.41. The number of aromatic nitrogens is 3. The minimum Gasteiger partial charge on any atom is -0.381 e. The van der Waals surface area contributed by atoms with Crippen LogP contribution < -0.4 is 0 Å². The summed E-state index contributed by atoms with van der Waals surface area (Å²) in [6, 6.07) is 1.89. The summed E-state index contributed by atoms with van der Waals surface area (Å²) in [5, 5.41) is 15.8. The van der Waals surface area contributed by atoms with Gasteiger partial charge in [-0.1, -0.05) is 5.21 Å². The molecule has 1 aromatic heterocycles. The van der Waals surface area contributed by atoms with Crippen LogP contribution in [0.15, 0.2) is 0 Å². The number of hydrogen-bond acceptors (Lipinski definition) is 4. The molecule has 18 heavy (non-hydrogen) atoms. The van der Waals surface area contributed by atoms with E-state index in [-0.39, 0.29) is 12.3 Å². The SMILES string of the molecule is N#CCc1nnn(CC(F)(F)F)c1C1CCOC1. The third-order valence-corrected chi connectivity index (χ3v) is 2.74. The maximum Gasteiger partial charge on any atom is 0.408 e. The Balaban J connectivity index is 2.31. The number of halogens is 3. The summed E-state index contributed by atoms with van der Waals surface area (Å²) < 4.78 is 43.3. The van der Waals surface area contributed by atoms with Crippen molar-refractivity contribution in [2.75, 3.05) is 13.2 Å². The Morgan fingerprint density at radius 2 is 2.28 bits per heavy atom. The molecule has 8 heteroatoms. The predicted molar refractivity (Wildman–Crippen MR) is 53.6 cm³/mol. The van der Waals surface area contributed by atoms with E-state index in [0.29, 0.717) is 31.0 Å². The van der Waals surface area contributed by atoms with E-state index in [2.05, 4.69) is 10.3 Å². The highest BCUT2D eigenvalue weighted by Crippen LogP contribution is 2.29. The number of nitrogens with zero attached hydrogens (tertiary/aromatic N) is 4. The lowest BCUT2D eigenvalue weighted by molar-refractivity contribution is -0.143. The average molecular weight is 260 g/mol. The van der Waals surface area contributed by atoms with Gasteiger partial charge in [-0.05, 0) is 6.42 Å². The van der Waals surface area contributed by atoms with Crippen LogP contribution in [-0.4, -0.2) is 34.4 Å². The van der Waals surface area contributed by atoms with E-state index in [4.69, 9.17) is 10.00 Å². The van der Waals surface area contributed by atoms with Crippen LogP contribution in [0.3, 0.4) is 0 Å². The molecule has 1 unspecified atom stereocenters. The van der Waals surface area contributed by atoms with E-state index in [0.717, 1.165) is 4.68 Å². The zero-order valence-electron chi connectivity index (χ0n) is 9.44. The second kappa shape index (κ2) is 4.94. The lowest BCUT2D eigenvalue weighted by Gasteiger charge is -2.13. The van der Waals surface area contributed by atoms with Crippen molar-refractivity contribution in [3.8, 4) is 6.07 Å². The molecule has 0 radical (unpaired) electrons. The number of ether oxygens (including phenoxy) is 1. The van der Waals surface area contributed by atoms with Crippen molar-refractivity contribution in [3.63, 3.8) is 0 Å². The van der Waals surface area contributed by atoms with Crippen LogP contribution in [0.1, 0.15) is 23.7 Å². The molecular weight excluding hydrogens is 249 g/mol. The highest BCUT2D eigenvalue weighted by molar-refractivity contribution is 5.20. The molecule has 1 fully saturated rings. The van der Waals surface area contributed by atoms with Crippen molar-refractivity contribution in [1.82, 2.24) is 15.0 Å². The van der Waals surface area contributed by atoms with Crippen LogP contribution in [0.5, 0.6) is 0 Å². The monoisotopic (exact) mass is 260 g/mol. The maximum absolute atomic E-state index is 12.4. The Hall–Kier alpha value is -1.62. The van der Waals surface area contributed by atoms with Gasteiger partial charge in [0.25, 0.3) is 0 Å². The summed E-state index contributed by atoms with van der Waals surface area (Å²) in [4.78, 5) is 0. The molecule has 2 rings (SSSR count). The van der Waals surface area contributed by atoms with Crippen molar-refractivity contribution in [1.29, 1.82) is 5.26 Å². The van der Waals surface area contributed by atoms with E-state index in [9.17, 15) is 13.2 Å². The molecule has 0 saturated carbocycles. The van der Waals surface area contributed by atoms with Crippen LogP contribution in [0.4, 0.5) is 13.2 Å². The van der Waals surface area contributed by atoms with Gasteiger partial charge >= 0.3 is 6.18 Å². The van der Waals surface area contributed by atoms with Crippen LogP contribution in [0.2, 0.25) is 0 Å². The van der Waals surface area contributed by atoms with E-state index >= 15 is 0 Å². The molecular formula is C10H11F3N4O. The van der Waals surface area contributed by atoms with Gasteiger partial charge in [0, 0.05) is 12.5 Å². The Kier molecular flexibility index (Phi) is 3.52. The zero-order chi connectivity index (χ0) is 13.2. The van der Waals surface area contributed by atoms with Crippen molar-refractivity contribution in [2.45, 2.75) is 31.5 Å². The van der Waals surface area contributed by atoms with Crippen molar-refractivity contribution in [3.05, 3.63) is 11.4 Å². The summed E-state index contributed by atoms with van der Waals surface area (Å²) in [6.45, 7) is -0.325. The Labute approximate surface area is 101 Å². The van der Waals surface area contributed by atoms with Crippen molar-refractivity contribution in [2.24, 2.45) is 0 Å². The van der Waals surface area contributed by atoms with E-state index in [1.807, 2.05) is 6.07 Å². The normalized spacial score (nSPS) is 20.0. The zero-order valence-corrected chi connectivity index (χ0v) is 9.44. The van der Waals surface area contributed by atoms with Crippen molar-refractivity contribution >= 4 is 0 Å². The second-order valence-electron chi connectivity index (χ2n) is 4.09. The van der Waals surface area contributed by atoms with Crippen LogP contribution in [0.25, 0.3) is 0 Å². The lowest BCUT2D eigenvalue weighted by Crippen LogP contribution is -2.22. The third-order valence-electron chi connectivity index (χ3n) is 2.74. The summed E-state index contributed by atoms with van der Waals surface area (Å²) in [7, 11) is 0. The van der Waals surface area contributed by atoms with Gasteiger partial charge in [0.15, 0.2) is 0 Å². The first-order chi connectivity index (χ1) is 8.51. The molecule has 0 aliphatic carbocycles. The fourth-order valence-electron chi connectivity index (χ4n) is 2.04. The molecule has 2 heterocycles. The Morgan fingerprint density at radius 1 is 1.50 bits per heavy atom. The van der Waals surface area contributed by atoms with Gasteiger partial charge in [-0.25, -0.2) is 4.68 Å². The molecule has 98 valence electrons. The van der Waals surface area contributed by atoms with Gasteiger partial charge in [-0.2, -0.15) is 18.4 Å².